The minimum atomic E-state index is -0.658. The molecular weight excluding hydrogens is 206 g/mol. The average molecular weight is 221 g/mol. The van der Waals surface area contributed by atoms with Crippen molar-refractivity contribution in [2.24, 2.45) is 5.16 Å². The van der Waals surface area contributed by atoms with Crippen molar-refractivity contribution in [3.05, 3.63) is 42.0 Å². The van der Waals surface area contributed by atoms with Crippen LogP contribution in [0.3, 0.4) is 0 Å². The van der Waals surface area contributed by atoms with Crippen molar-refractivity contribution in [1.82, 2.24) is 0 Å². The molecule has 0 heterocycles. The third-order valence-electron chi connectivity index (χ3n) is 2.00. The lowest BCUT2D eigenvalue weighted by atomic mass is 10.1. The molecule has 1 N–H and O–H groups in total. The minimum absolute atomic E-state index is 0.658. The number of methoxy groups -OCH3 is 1. The van der Waals surface area contributed by atoms with E-state index in [-0.39, 0.29) is 0 Å². The SMILES string of the molecule is CO/N=C\C=C/C(O)c1ccc(OC)cc1. The summed E-state index contributed by atoms with van der Waals surface area (Å²) in [6.45, 7) is 0. The van der Waals surface area contributed by atoms with Gasteiger partial charge in [0.25, 0.3) is 0 Å². The summed E-state index contributed by atoms with van der Waals surface area (Å²) in [7, 11) is 3.07. The topological polar surface area (TPSA) is 51.0 Å². The van der Waals surface area contributed by atoms with Crippen molar-refractivity contribution in [1.29, 1.82) is 0 Å². The first-order valence-corrected chi connectivity index (χ1v) is 4.83. The maximum atomic E-state index is 9.75. The number of aliphatic hydroxyl groups excluding tert-OH is 1. The van der Waals surface area contributed by atoms with Gasteiger partial charge in [0.15, 0.2) is 0 Å². The molecule has 0 aliphatic rings. The van der Waals surface area contributed by atoms with Gasteiger partial charge in [-0.1, -0.05) is 23.4 Å². The molecule has 1 aromatic carbocycles. The van der Waals surface area contributed by atoms with E-state index in [2.05, 4.69) is 9.99 Å². The van der Waals surface area contributed by atoms with Crippen LogP contribution < -0.4 is 4.74 Å². The summed E-state index contributed by atoms with van der Waals surface area (Å²) in [6.07, 6.45) is 4.05. The molecule has 0 fully saturated rings. The fraction of sp³-hybridized carbons (Fsp3) is 0.250. The Hall–Kier alpha value is -1.81. The van der Waals surface area contributed by atoms with E-state index < -0.39 is 6.10 Å². The summed E-state index contributed by atoms with van der Waals surface area (Å²) in [6, 6.07) is 7.22. The molecule has 1 unspecified atom stereocenters. The van der Waals surface area contributed by atoms with Crippen molar-refractivity contribution in [3.8, 4) is 5.75 Å². The van der Waals surface area contributed by atoms with Crippen LogP contribution in [-0.4, -0.2) is 25.5 Å². The second kappa shape index (κ2) is 6.63. The lowest BCUT2D eigenvalue weighted by Crippen LogP contribution is -1.93. The number of allylic oxidation sites excluding steroid dienone is 1. The molecule has 1 rings (SSSR count). The molecule has 0 spiro atoms. The standard InChI is InChI=1S/C12H15NO3/c1-15-11-7-5-10(6-8-11)12(14)4-3-9-13-16-2/h3-9,12,14H,1-2H3/b4-3-,13-9-. The van der Waals surface area contributed by atoms with Crippen LogP contribution in [0.1, 0.15) is 11.7 Å². The fourth-order valence-electron chi connectivity index (χ4n) is 1.16. The molecule has 86 valence electrons. The molecular formula is C12H15NO3. The number of rotatable bonds is 5. The van der Waals surface area contributed by atoms with Crippen LogP contribution >= 0.6 is 0 Å². The van der Waals surface area contributed by atoms with Gasteiger partial charge in [0, 0.05) is 0 Å². The molecule has 0 aromatic heterocycles. The Bertz CT molecular complexity index is 357. The third-order valence-corrected chi connectivity index (χ3v) is 2.00. The molecule has 0 radical (unpaired) electrons. The highest BCUT2D eigenvalue weighted by Gasteiger charge is 2.02. The lowest BCUT2D eigenvalue weighted by Gasteiger charge is -2.06. The van der Waals surface area contributed by atoms with Crippen LogP contribution in [0.2, 0.25) is 0 Å². The second-order valence-corrected chi connectivity index (χ2v) is 3.04. The first-order valence-electron chi connectivity index (χ1n) is 4.83. The summed E-state index contributed by atoms with van der Waals surface area (Å²) >= 11 is 0. The summed E-state index contributed by atoms with van der Waals surface area (Å²) in [5, 5.41) is 13.3. The van der Waals surface area contributed by atoms with E-state index in [1.54, 1.807) is 43.5 Å². The lowest BCUT2D eigenvalue weighted by molar-refractivity contribution is 0.215. The molecule has 0 saturated heterocycles. The molecule has 0 bridgehead atoms. The van der Waals surface area contributed by atoms with Gasteiger partial charge in [-0.2, -0.15) is 0 Å². The van der Waals surface area contributed by atoms with Crippen molar-refractivity contribution >= 4 is 6.21 Å². The number of hydrogen-bond acceptors (Lipinski definition) is 4. The van der Waals surface area contributed by atoms with Crippen LogP contribution in [0, 0.1) is 0 Å². The van der Waals surface area contributed by atoms with Gasteiger partial charge in [-0.3, -0.25) is 0 Å². The van der Waals surface area contributed by atoms with Gasteiger partial charge < -0.3 is 14.7 Å². The Morgan fingerprint density at radius 1 is 1.25 bits per heavy atom. The van der Waals surface area contributed by atoms with Crippen LogP contribution in [0.4, 0.5) is 0 Å². The third kappa shape index (κ3) is 3.74. The zero-order valence-corrected chi connectivity index (χ0v) is 9.33. The number of nitrogens with zero attached hydrogens (tertiary/aromatic N) is 1. The maximum absolute atomic E-state index is 9.75. The molecule has 4 heteroatoms. The van der Waals surface area contributed by atoms with Crippen molar-refractivity contribution in [2.75, 3.05) is 14.2 Å². The van der Waals surface area contributed by atoms with E-state index in [1.807, 2.05) is 0 Å². The van der Waals surface area contributed by atoms with Gasteiger partial charge in [-0.05, 0) is 23.8 Å². The van der Waals surface area contributed by atoms with E-state index in [0.29, 0.717) is 0 Å². The van der Waals surface area contributed by atoms with Crippen molar-refractivity contribution in [3.63, 3.8) is 0 Å². The van der Waals surface area contributed by atoms with Crippen LogP contribution in [-0.2, 0) is 4.84 Å². The van der Waals surface area contributed by atoms with Crippen LogP contribution in [0.5, 0.6) is 5.75 Å². The Morgan fingerprint density at radius 3 is 2.50 bits per heavy atom. The van der Waals surface area contributed by atoms with E-state index in [4.69, 9.17) is 4.74 Å². The van der Waals surface area contributed by atoms with Crippen molar-refractivity contribution in [2.45, 2.75) is 6.10 Å². The molecule has 1 aromatic rings. The fourth-order valence-corrected chi connectivity index (χ4v) is 1.16. The van der Waals surface area contributed by atoms with Gasteiger partial charge in [0.05, 0.1) is 19.4 Å². The molecule has 0 aliphatic carbocycles. The van der Waals surface area contributed by atoms with Crippen LogP contribution in [0.15, 0.2) is 41.6 Å². The van der Waals surface area contributed by atoms with Crippen molar-refractivity contribution < 1.29 is 14.7 Å². The maximum Gasteiger partial charge on any atom is 0.118 e. The van der Waals surface area contributed by atoms with E-state index in [9.17, 15) is 5.11 Å². The molecule has 0 saturated carbocycles. The quantitative estimate of drug-likeness (QED) is 0.610. The minimum Gasteiger partial charge on any atom is -0.497 e. The summed E-state index contributed by atoms with van der Waals surface area (Å²) in [4.78, 5) is 4.48. The number of oxime groups is 1. The summed E-state index contributed by atoms with van der Waals surface area (Å²) < 4.78 is 5.02. The molecule has 1 atom stereocenters. The number of aliphatic hydroxyl groups is 1. The molecule has 0 aliphatic heterocycles. The number of ether oxygens (including phenoxy) is 1. The highest BCUT2D eigenvalue weighted by atomic mass is 16.6. The largest absolute Gasteiger partial charge is 0.497 e. The number of benzene rings is 1. The van der Waals surface area contributed by atoms with Gasteiger partial charge in [0.2, 0.25) is 0 Å². The second-order valence-electron chi connectivity index (χ2n) is 3.04. The Morgan fingerprint density at radius 2 is 1.94 bits per heavy atom. The first kappa shape index (κ1) is 12.3. The smallest absolute Gasteiger partial charge is 0.118 e. The van der Waals surface area contributed by atoms with Gasteiger partial charge in [-0.15, -0.1) is 0 Å². The van der Waals surface area contributed by atoms with Crippen LogP contribution in [0.25, 0.3) is 0 Å². The molecule has 0 amide bonds. The highest BCUT2D eigenvalue weighted by molar-refractivity contribution is 5.70. The Balaban J connectivity index is 2.61. The zero-order chi connectivity index (χ0) is 11.8. The normalized spacial score (nSPS) is 13.2. The number of hydrogen-bond donors (Lipinski definition) is 1. The summed E-state index contributed by atoms with van der Waals surface area (Å²) in [5.74, 6) is 0.765. The molecule has 16 heavy (non-hydrogen) atoms. The van der Waals surface area contributed by atoms with E-state index >= 15 is 0 Å². The van der Waals surface area contributed by atoms with E-state index in [0.717, 1.165) is 11.3 Å². The average Bonchev–Trinajstić information content (AvgIpc) is 2.34. The molecule has 4 nitrogen and oxygen atoms in total. The Labute approximate surface area is 94.8 Å². The van der Waals surface area contributed by atoms with Gasteiger partial charge in [-0.25, -0.2) is 0 Å². The predicted octanol–water partition coefficient (Wildman–Crippen LogP) is 1.92. The Kier molecular flexibility index (Phi) is 5.08. The summed E-state index contributed by atoms with van der Waals surface area (Å²) in [5.41, 5.74) is 0.794. The predicted molar refractivity (Wildman–Crippen MR) is 62.6 cm³/mol. The van der Waals surface area contributed by atoms with E-state index in [1.165, 1.54) is 13.3 Å². The first-order chi connectivity index (χ1) is 7.77. The van der Waals surface area contributed by atoms with Gasteiger partial charge in [0.1, 0.15) is 12.9 Å². The highest BCUT2D eigenvalue weighted by Crippen LogP contribution is 2.18. The van der Waals surface area contributed by atoms with Gasteiger partial charge >= 0.3 is 0 Å². The monoisotopic (exact) mass is 221 g/mol. The zero-order valence-electron chi connectivity index (χ0n) is 9.33.